The Morgan fingerprint density at radius 1 is 1.40 bits per heavy atom. The maximum absolute atomic E-state index is 12.5. The summed E-state index contributed by atoms with van der Waals surface area (Å²) in [5.74, 6) is -0.988. The molecule has 0 aromatic heterocycles. The molecule has 25 heavy (non-hydrogen) atoms. The third kappa shape index (κ3) is 4.40. The highest BCUT2D eigenvalue weighted by Crippen LogP contribution is 2.30. The van der Waals surface area contributed by atoms with Gasteiger partial charge >= 0.3 is 12.0 Å². The molecule has 1 aromatic rings. The van der Waals surface area contributed by atoms with Gasteiger partial charge in [-0.25, -0.2) is 9.59 Å². The molecule has 0 unspecified atom stereocenters. The van der Waals surface area contributed by atoms with E-state index in [0.717, 1.165) is 0 Å². The minimum atomic E-state index is -1.07. The number of anilines is 1. The van der Waals surface area contributed by atoms with Crippen LogP contribution in [0.1, 0.15) is 30.6 Å². The Bertz CT molecular complexity index is 674. The number of ether oxygens (including phenoxy) is 1. The minimum Gasteiger partial charge on any atom is -0.495 e. The van der Waals surface area contributed by atoms with Crippen molar-refractivity contribution in [3.8, 4) is 5.75 Å². The van der Waals surface area contributed by atoms with Gasteiger partial charge < -0.3 is 20.5 Å². The number of hydrogen-bond acceptors (Lipinski definition) is 4. The Hall–Kier alpha value is -2.77. The summed E-state index contributed by atoms with van der Waals surface area (Å²) >= 11 is 0. The van der Waals surface area contributed by atoms with Crippen LogP contribution < -0.4 is 20.3 Å². The average Bonchev–Trinajstić information content (AvgIpc) is 2.98. The number of benzene rings is 1. The molecule has 0 aliphatic carbocycles. The predicted molar refractivity (Wildman–Crippen MR) is 92.1 cm³/mol. The highest BCUT2D eigenvalue weighted by atomic mass is 16.5. The standard InChI is InChI=1S/C17H23N3O5/c1-10(2)8-12(16(22)23)19-15(21)11-4-5-14(25-3)13(9-11)20-7-6-18-17(20)24/h4-5,9-10,12H,6-8H2,1-3H3,(H,18,24)(H,19,21)(H,22,23)/t12-/m0/s1. The summed E-state index contributed by atoms with van der Waals surface area (Å²) in [5, 5.41) is 14.5. The molecule has 0 bridgehead atoms. The Kier molecular flexibility index (Phi) is 5.84. The quantitative estimate of drug-likeness (QED) is 0.690. The third-order valence-electron chi connectivity index (χ3n) is 3.90. The number of urea groups is 1. The number of nitrogens with zero attached hydrogens (tertiary/aromatic N) is 1. The van der Waals surface area contributed by atoms with Crippen LogP contribution >= 0.6 is 0 Å². The molecule has 1 saturated heterocycles. The third-order valence-corrected chi connectivity index (χ3v) is 3.90. The van der Waals surface area contributed by atoms with Gasteiger partial charge in [-0.1, -0.05) is 13.8 Å². The van der Waals surface area contributed by atoms with Crippen molar-refractivity contribution < 1.29 is 24.2 Å². The van der Waals surface area contributed by atoms with E-state index in [1.54, 1.807) is 12.1 Å². The first kappa shape index (κ1) is 18.6. The molecule has 1 atom stereocenters. The van der Waals surface area contributed by atoms with Crippen LogP contribution in [0.4, 0.5) is 10.5 Å². The van der Waals surface area contributed by atoms with Crippen molar-refractivity contribution in [2.24, 2.45) is 5.92 Å². The fraction of sp³-hybridized carbons (Fsp3) is 0.471. The van der Waals surface area contributed by atoms with Gasteiger partial charge in [-0.05, 0) is 30.5 Å². The van der Waals surface area contributed by atoms with E-state index in [4.69, 9.17) is 4.74 Å². The van der Waals surface area contributed by atoms with Crippen molar-refractivity contribution in [1.29, 1.82) is 0 Å². The van der Waals surface area contributed by atoms with E-state index in [-0.39, 0.29) is 17.5 Å². The van der Waals surface area contributed by atoms with Crippen LogP contribution in [0.15, 0.2) is 18.2 Å². The van der Waals surface area contributed by atoms with Crippen molar-refractivity contribution in [3.05, 3.63) is 23.8 Å². The fourth-order valence-corrected chi connectivity index (χ4v) is 2.68. The summed E-state index contributed by atoms with van der Waals surface area (Å²) in [7, 11) is 1.48. The molecule has 1 fully saturated rings. The van der Waals surface area contributed by atoms with Crippen molar-refractivity contribution in [3.63, 3.8) is 0 Å². The van der Waals surface area contributed by atoms with Crippen LogP contribution in [0.2, 0.25) is 0 Å². The predicted octanol–water partition coefficient (Wildman–Crippen LogP) is 1.45. The summed E-state index contributed by atoms with van der Waals surface area (Å²) in [6.07, 6.45) is 0.332. The zero-order valence-corrected chi connectivity index (χ0v) is 14.5. The first-order chi connectivity index (χ1) is 11.8. The number of carboxylic acid groups (broad SMARTS) is 1. The van der Waals surface area contributed by atoms with Crippen molar-refractivity contribution in [2.45, 2.75) is 26.3 Å². The van der Waals surface area contributed by atoms with Gasteiger partial charge in [0.15, 0.2) is 0 Å². The molecule has 8 nitrogen and oxygen atoms in total. The zero-order chi connectivity index (χ0) is 18.6. The van der Waals surface area contributed by atoms with E-state index < -0.39 is 17.9 Å². The number of hydrogen-bond donors (Lipinski definition) is 3. The van der Waals surface area contributed by atoms with Gasteiger partial charge in [0.25, 0.3) is 5.91 Å². The fourth-order valence-electron chi connectivity index (χ4n) is 2.68. The van der Waals surface area contributed by atoms with E-state index in [2.05, 4.69) is 10.6 Å². The van der Waals surface area contributed by atoms with Crippen LogP contribution in [-0.2, 0) is 4.79 Å². The van der Waals surface area contributed by atoms with E-state index in [1.807, 2.05) is 13.8 Å². The van der Waals surface area contributed by atoms with Crippen LogP contribution in [0, 0.1) is 5.92 Å². The maximum Gasteiger partial charge on any atom is 0.326 e. The summed E-state index contributed by atoms with van der Waals surface area (Å²) < 4.78 is 5.27. The van der Waals surface area contributed by atoms with Gasteiger partial charge in [-0.15, -0.1) is 0 Å². The molecular formula is C17H23N3O5. The van der Waals surface area contributed by atoms with Crippen molar-refractivity contribution >= 4 is 23.6 Å². The molecule has 1 heterocycles. The molecule has 0 spiro atoms. The minimum absolute atomic E-state index is 0.126. The number of carboxylic acids is 1. The van der Waals surface area contributed by atoms with E-state index in [0.29, 0.717) is 30.9 Å². The largest absolute Gasteiger partial charge is 0.495 e. The highest BCUT2D eigenvalue weighted by Gasteiger charge is 2.26. The Labute approximate surface area is 146 Å². The number of aliphatic carboxylic acids is 1. The van der Waals surface area contributed by atoms with Gasteiger partial charge in [0.1, 0.15) is 11.8 Å². The van der Waals surface area contributed by atoms with Crippen molar-refractivity contribution in [1.82, 2.24) is 10.6 Å². The number of amides is 3. The molecule has 136 valence electrons. The van der Waals surface area contributed by atoms with Crippen LogP contribution in [0.5, 0.6) is 5.75 Å². The second kappa shape index (κ2) is 7.87. The first-order valence-electron chi connectivity index (χ1n) is 8.10. The Morgan fingerprint density at radius 2 is 2.12 bits per heavy atom. The molecule has 0 saturated carbocycles. The molecule has 3 N–H and O–H groups in total. The smallest absolute Gasteiger partial charge is 0.326 e. The molecule has 1 aromatic carbocycles. The topological polar surface area (TPSA) is 108 Å². The second-order valence-electron chi connectivity index (χ2n) is 6.26. The molecule has 2 rings (SSSR count). The normalized spacial score (nSPS) is 15.0. The zero-order valence-electron chi connectivity index (χ0n) is 14.5. The lowest BCUT2D eigenvalue weighted by molar-refractivity contribution is -0.139. The molecular weight excluding hydrogens is 326 g/mol. The Balaban J connectivity index is 2.25. The molecule has 1 aliphatic rings. The van der Waals surface area contributed by atoms with Crippen LogP contribution in [0.25, 0.3) is 0 Å². The number of carbonyl (C=O) groups excluding carboxylic acids is 2. The molecule has 8 heteroatoms. The monoisotopic (exact) mass is 349 g/mol. The SMILES string of the molecule is COc1ccc(C(=O)N[C@@H](CC(C)C)C(=O)O)cc1N1CCNC1=O. The van der Waals surface area contributed by atoms with Crippen LogP contribution in [0.3, 0.4) is 0 Å². The lowest BCUT2D eigenvalue weighted by Crippen LogP contribution is -2.41. The summed E-state index contributed by atoms with van der Waals surface area (Å²) in [6.45, 7) is 4.75. The first-order valence-corrected chi connectivity index (χ1v) is 8.10. The van der Waals surface area contributed by atoms with E-state index in [1.165, 1.54) is 18.1 Å². The Morgan fingerprint density at radius 3 is 2.64 bits per heavy atom. The number of rotatable bonds is 7. The summed E-state index contributed by atoms with van der Waals surface area (Å²) in [6, 6.07) is 3.44. The lowest BCUT2D eigenvalue weighted by Gasteiger charge is -2.20. The number of nitrogens with one attached hydrogen (secondary N) is 2. The molecule has 3 amide bonds. The van der Waals surface area contributed by atoms with Gasteiger partial charge in [-0.2, -0.15) is 0 Å². The number of methoxy groups -OCH3 is 1. The van der Waals surface area contributed by atoms with E-state index >= 15 is 0 Å². The number of carbonyl (C=O) groups is 3. The van der Waals surface area contributed by atoms with Gasteiger partial charge in [0.2, 0.25) is 0 Å². The maximum atomic E-state index is 12.5. The van der Waals surface area contributed by atoms with Gasteiger partial charge in [0.05, 0.1) is 12.8 Å². The highest BCUT2D eigenvalue weighted by molar-refractivity contribution is 6.00. The molecule has 0 radical (unpaired) electrons. The van der Waals surface area contributed by atoms with Crippen molar-refractivity contribution in [2.75, 3.05) is 25.1 Å². The van der Waals surface area contributed by atoms with Gasteiger partial charge in [-0.3, -0.25) is 9.69 Å². The summed E-state index contributed by atoms with van der Waals surface area (Å²) in [5.41, 5.74) is 0.742. The molecule has 1 aliphatic heterocycles. The van der Waals surface area contributed by atoms with E-state index in [9.17, 15) is 19.5 Å². The second-order valence-corrected chi connectivity index (χ2v) is 6.26. The lowest BCUT2D eigenvalue weighted by atomic mass is 10.0. The van der Waals surface area contributed by atoms with Crippen LogP contribution in [-0.4, -0.2) is 49.3 Å². The van der Waals surface area contributed by atoms with Gasteiger partial charge in [0, 0.05) is 18.7 Å². The summed E-state index contributed by atoms with van der Waals surface area (Å²) in [4.78, 5) is 37.2. The average molecular weight is 349 g/mol.